The van der Waals surface area contributed by atoms with Crippen LogP contribution >= 0.6 is 0 Å². The molecule has 66 valence electrons. The lowest BCUT2D eigenvalue weighted by atomic mass is 10.1. The van der Waals surface area contributed by atoms with Crippen molar-refractivity contribution in [2.45, 2.75) is 18.4 Å². The van der Waals surface area contributed by atoms with Crippen LogP contribution in [0.1, 0.15) is 18.4 Å². The summed E-state index contributed by atoms with van der Waals surface area (Å²) in [6, 6.07) is 4.16. The highest BCUT2D eigenvalue weighted by Gasteiger charge is 2.40. The van der Waals surface area contributed by atoms with E-state index >= 15 is 0 Å². The Hall–Kier alpha value is -1.35. The second-order valence-electron chi connectivity index (χ2n) is 3.80. The zero-order chi connectivity index (χ0) is 8.89. The molecule has 1 saturated carbocycles. The lowest BCUT2D eigenvalue weighted by Gasteiger charge is -2.07. The monoisotopic (exact) mass is 173 g/mol. The molecule has 0 bridgehead atoms. The first-order chi connectivity index (χ1) is 6.28. The molecule has 2 heterocycles. The molecule has 3 heteroatoms. The molecule has 2 aromatic rings. The first kappa shape index (κ1) is 7.09. The van der Waals surface area contributed by atoms with Crippen molar-refractivity contribution in [2.75, 3.05) is 0 Å². The van der Waals surface area contributed by atoms with Crippen LogP contribution in [0, 0.1) is 0 Å². The summed E-state index contributed by atoms with van der Waals surface area (Å²) in [5.41, 5.74) is 8.11. The molecule has 0 saturated heterocycles. The average molecular weight is 173 g/mol. The Balaban J connectivity index is 2.20. The molecule has 1 aliphatic carbocycles. The number of hydrogen-bond acceptors (Lipinski definition) is 2. The summed E-state index contributed by atoms with van der Waals surface area (Å²) >= 11 is 0. The number of aromatic amines is 1. The Morgan fingerprint density at radius 3 is 3.08 bits per heavy atom. The molecule has 3 nitrogen and oxygen atoms in total. The smallest absolute Gasteiger partial charge is 0.137 e. The van der Waals surface area contributed by atoms with Gasteiger partial charge >= 0.3 is 0 Å². The molecule has 1 aliphatic rings. The molecule has 3 N–H and O–H groups in total. The van der Waals surface area contributed by atoms with Gasteiger partial charge < -0.3 is 10.7 Å². The van der Waals surface area contributed by atoms with E-state index in [4.69, 9.17) is 5.73 Å². The molecule has 0 radical (unpaired) electrons. The van der Waals surface area contributed by atoms with Crippen LogP contribution < -0.4 is 5.73 Å². The molecular formula is C10H11N3. The van der Waals surface area contributed by atoms with Crippen molar-refractivity contribution in [3.8, 4) is 0 Å². The Labute approximate surface area is 76.0 Å². The summed E-state index contributed by atoms with van der Waals surface area (Å²) in [5.74, 6) is 0. The highest BCUT2D eigenvalue weighted by molar-refractivity contribution is 5.76. The number of H-pyrrole nitrogens is 1. The SMILES string of the molecule is NC1(c2cnc3[nH]ccc3c2)CC1. The van der Waals surface area contributed by atoms with Crippen molar-refractivity contribution in [2.24, 2.45) is 5.73 Å². The maximum absolute atomic E-state index is 6.08. The molecule has 0 atom stereocenters. The minimum absolute atomic E-state index is 0.0710. The highest BCUT2D eigenvalue weighted by atomic mass is 14.9. The molecular weight excluding hydrogens is 162 g/mol. The van der Waals surface area contributed by atoms with Gasteiger partial charge in [0, 0.05) is 23.3 Å². The van der Waals surface area contributed by atoms with E-state index in [-0.39, 0.29) is 5.54 Å². The predicted octanol–water partition coefficient (Wildman–Crippen LogP) is 1.51. The van der Waals surface area contributed by atoms with E-state index in [1.165, 1.54) is 5.56 Å². The summed E-state index contributed by atoms with van der Waals surface area (Å²) in [7, 11) is 0. The number of nitrogens with one attached hydrogen (secondary N) is 1. The van der Waals surface area contributed by atoms with Gasteiger partial charge in [-0.2, -0.15) is 0 Å². The van der Waals surface area contributed by atoms with Crippen LogP contribution in [-0.4, -0.2) is 9.97 Å². The summed E-state index contributed by atoms with van der Waals surface area (Å²) in [4.78, 5) is 7.38. The van der Waals surface area contributed by atoms with Crippen molar-refractivity contribution in [3.63, 3.8) is 0 Å². The number of rotatable bonds is 1. The van der Waals surface area contributed by atoms with Crippen molar-refractivity contribution < 1.29 is 0 Å². The molecule has 0 unspecified atom stereocenters. The normalized spacial score (nSPS) is 19.2. The second-order valence-corrected chi connectivity index (χ2v) is 3.80. The average Bonchev–Trinajstić information content (AvgIpc) is 2.74. The van der Waals surface area contributed by atoms with E-state index in [1.54, 1.807) is 0 Å². The third-order valence-electron chi connectivity index (χ3n) is 2.76. The molecule has 0 aliphatic heterocycles. The quantitative estimate of drug-likeness (QED) is 0.686. The predicted molar refractivity (Wildman–Crippen MR) is 51.2 cm³/mol. The fourth-order valence-corrected chi connectivity index (χ4v) is 1.64. The van der Waals surface area contributed by atoms with Crippen LogP contribution in [0.4, 0.5) is 0 Å². The van der Waals surface area contributed by atoms with E-state index in [0.29, 0.717) is 0 Å². The van der Waals surface area contributed by atoms with Crippen LogP contribution in [0.15, 0.2) is 24.5 Å². The lowest BCUT2D eigenvalue weighted by Crippen LogP contribution is -2.18. The van der Waals surface area contributed by atoms with Crippen LogP contribution in [0.2, 0.25) is 0 Å². The van der Waals surface area contributed by atoms with E-state index in [9.17, 15) is 0 Å². The fourth-order valence-electron chi connectivity index (χ4n) is 1.64. The Bertz CT molecular complexity index is 454. The standard InChI is InChI=1S/C10H11N3/c11-10(2-3-10)8-5-7-1-4-12-9(7)13-6-8/h1,4-6H,2-3,11H2,(H,12,13). The van der Waals surface area contributed by atoms with E-state index in [1.807, 2.05) is 18.5 Å². The van der Waals surface area contributed by atoms with E-state index in [0.717, 1.165) is 23.9 Å². The number of hydrogen-bond donors (Lipinski definition) is 2. The van der Waals surface area contributed by atoms with Crippen LogP contribution in [0.5, 0.6) is 0 Å². The first-order valence-corrected chi connectivity index (χ1v) is 4.50. The van der Waals surface area contributed by atoms with Crippen molar-refractivity contribution in [3.05, 3.63) is 30.1 Å². The number of nitrogens with zero attached hydrogens (tertiary/aromatic N) is 1. The van der Waals surface area contributed by atoms with Gasteiger partial charge in [0.15, 0.2) is 0 Å². The number of pyridine rings is 1. The van der Waals surface area contributed by atoms with Gasteiger partial charge in [-0.05, 0) is 30.5 Å². The van der Waals surface area contributed by atoms with Crippen molar-refractivity contribution >= 4 is 11.0 Å². The molecule has 0 aromatic carbocycles. The van der Waals surface area contributed by atoms with E-state index in [2.05, 4.69) is 16.0 Å². The highest BCUT2D eigenvalue weighted by Crippen LogP contribution is 2.42. The summed E-state index contributed by atoms with van der Waals surface area (Å²) in [6.07, 6.45) is 5.96. The maximum Gasteiger partial charge on any atom is 0.137 e. The van der Waals surface area contributed by atoms with Crippen molar-refractivity contribution in [1.29, 1.82) is 0 Å². The third kappa shape index (κ3) is 0.971. The minimum atomic E-state index is -0.0710. The minimum Gasteiger partial charge on any atom is -0.346 e. The molecule has 0 spiro atoms. The summed E-state index contributed by atoms with van der Waals surface area (Å²) < 4.78 is 0. The Morgan fingerprint density at radius 2 is 2.31 bits per heavy atom. The van der Waals surface area contributed by atoms with Crippen LogP contribution in [-0.2, 0) is 5.54 Å². The first-order valence-electron chi connectivity index (χ1n) is 4.50. The van der Waals surface area contributed by atoms with Gasteiger partial charge in [-0.3, -0.25) is 0 Å². The molecule has 0 amide bonds. The number of fused-ring (bicyclic) bond motifs is 1. The molecule has 13 heavy (non-hydrogen) atoms. The molecule has 2 aromatic heterocycles. The maximum atomic E-state index is 6.08. The summed E-state index contributed by atoms with van der Waals surface area (Å²) in [6.45, 7) is 0. The number of aromatic nitrogens is 2. The zero-order valence-corrected chi connectivity index (χ0v) is 7.25. The van der Waals surface area contributed by atoms with E-state index < -0.39 is 0 Å². The van der Waals surface area contributed by atoms with Gasteiger partial charge in [0.05, 0.1) is 0 Å². The van der Waals surface area contributed by atoms with Crippen molar-refractivity contribution in [1.82, 2.24) is 9.97 Å². The van der Waals surface area contributed by atoms with Gasteiger partial charge in [0.25, 0.3) is 0 Å². The topological polar surface area (TPSA) is 54.7 Å². The zero-order valence-electron chi connectivity index (χ0n) is 7.25. The Kier molecular flexibility index (Phi) is 1.15. The fraction of sp³-hybridized carbons (Fsp3) is 0.300. The molecule has 1 fully saturated rings. The van der Waals surface area contributed by atoms with Gasteiger partial charge in [-0.15, -0.1) is 0 Å². The largest absolute Gasteiger partial charge is 0.346 e. The molecule has 3 rings (SSSR count). The Morgan fingerprint density at radius 1 is 1.46 bits per heavy atom. The third-order valence-corrected chi connectivity index (χ3v) is 2.76. The lowest BCUT2D eigenvalue weighted by molar-refractivity contribution is 0.737. The second kappa shape index (κ2) is 2.12. The van der Waals surface area contributed by atoms with Crippen LogP contribution in [0.3, 0.4) is 0 Å². The van der Waals surface area contributed by atoms with Gasteiger partial charge in [0.1, 0.15) is 5.65 Å². The summed E-state index contributed by atoms with van der Waals surface area (Å²) in [5, 5.41) is 1.15. The number of nitrogens with two attached hydrogens (primary N) is 1. The van der Waals surface area contributed by atoms with Gasteiger partial charge in [-0.25, -0.2) is 4.98 Å². The van der Waals surface area contributed by atoms with Crippen LogP contribution in [0.25, 0.3) is 11.0 Å². The van der Waals surface area contributed by atoms with Gasteiger partial charge in [0.2, 0.25) is 0 Å². The van der Waals surface area contributed by atoms with Gasteiger partial charge in [-0.1, -0.05) is 0 Å².